The fourth-order valence-corrected chi connectivity index (χ4v) is 12.1. The number of aliphatic hydroxyl groups is 1. The summed E-state index contributed by atoms with van der Waals surface area (Å²) in [5.41, 5.74) is -2.59. The smallest absolute Gasteiger partial charge is 0.342 e. The van der Waals surface area contributed by atoms with E-state index in [0.29, 0.717) is 0 Å². The highest BCUT2D eigenvalue weighted by molar-refractivity contribution is 14.1. The minimum Gasteiger partial charge on any atom is -0.507 e. The maximum absolute atomic E-state index is 14.1. The molecule has 0 spiro atoms. The van der Waals surface area contributed by atoms with Gasteiger partial charge in [0, 0.05) is 12.8 Å². The van der Waals surface area contributed by atoms with Gasteiger partial charge in [0.25, 0.3) is 0 Å². The first-order chi connectivity index (χ1) is 64.9. The highest BCUT2D eigenvalue weighted by Gasteiger charge is 2.32. The van der Waals surface area contributed by atoms with Gasteiger partial charge >= 0.3 is 95.5 Å². The molecule has 9 aromatic carbocycles. The predicted molar refractivity (Wildman–Crippen MR) is 464 cm³/mol. The Hall–Kier alpha value is -16.2. The van der Waals surface area contributed by atoms with Gasteiger partial charge in [-0.1, -0.05) is 109 Å². The summed E-state index contributed by atoms with van der Waals surface area (Å²) >= 11 is 1.80. The van der Waals surface area contributed by atoms with E-state index in [4.69, 9.17) is 80.5 Å². The largest absolute Gasteiger partial charge is 0.507 e. The molecule has 0 aromatic heterocycles. The molecule has 0 fully saturated rings. The van der Waals surface area contributed by atoms with E-state index in [9.17, 15) is 112 Å². The van der Waals surface area contributed by atoms with Gasteiger partial charge in [-0.15, -0.1) is 0 Å². The summed E-state index contributed by atoms with van der Waals surface area (Å²) in [4.78, 5) is 212. The number of para-hydroxylation sites is 9. The second-order valence-corrected chi connectivity index (χ2v) is 29.6. The Kier molecular flexibility index (Phi) is 39.9. The molecule has 0 amide bonds. The molecule has 0 saturated carbocycles. The third kappa shape index (κ3) is 33.3. The lowest BCUT2D eigenvalue weighted by Gasteiger charge is -2.20. The van der Waals surface area contributed by atoms with E-state index in [1.54, 1.807) is 22.6 Å². The maximum atomic E-state index is 14.1. The van der Waals surface area contributed by atoms with E-state index >= 15 is 0 Å². The number of rotatable bonds is 49. The third-order valence-corrected chi connectivity index (χ3v) is 19.1. The first kappa shape index (κ1) is 103. The van der Waals surface area contributed by atoms with Crippen molar-refractivity contribution in [3.05, 3.63) is 268 Å². The van der Waals surface area contributed by atoms with Crippen molar-refractivity contribution in [3.63, 3.8) is 0 Å². The van der Waals surface area contributed by atoms with Crippen LogP contribution in [0.15, 0.2) is 218 Å². The molecule has 0 saturated heterocycles. The molecular formula is C94H85IO40. The number of ether oxygens (including phenoxy) is 17. The van der Waals surface area contributed by atoms with Gasteiger partial charge in [0.15, 0.2) is 30.5 Å². The van der Waals surface area contributed by atoms with Crippen molar-refractivity contribution in [3.8, 4) is 51.7 Å². The zero-order chi connectivity index (χ0) is 97.3. The molecule has 41 heteroatoms. The molecule has 0 aliphatic heterocycles. The summed E-state index contributed by atoms with van der Waals surface area (Å²) in [6.45, 7) is -8.05. The number of alkyl halides is 1. The molecule has 9 rings (SSSR count). The Morgan fingerprint density at radius 1 is 0.222 bits per heavy atom. The normalized spacial score (nSPS) is 11.4. The van der Waals surface area contributed by atoms with Crippen LogP contribution in [0.25, 0.3) is 0 Å². The van der Waals surface area contributed by atoms with E-state index < -0.39 is 293 Å². The van der Waals surface area contributed by atoms with Crippen molar-refractivity contribution in [1.29, 1.82) is 0 Å². The fraction of sp³-hybridized carbons (Fsp3) is 0.255. The molecule has 135 heavy (non-hydrogen) atoms. The zero-order valence-electron chi connectivity index (χ0n) is 71.0. The van der Waals surface area contributed by atoms with Gasteiger partial charge in [0.1, 0.15) is 165 Å². The second kappa shape index (κ2) is 52.6. The summed E-state index contributed by atoms with van der Waals surface area (Å²) in [6.07, 6.45) is -12.9. The molecule has 0 radical (unpaired) electrons. The standard InChI is InChI=1S/C94H85IO40/c95-78(37-38-79(103)129-56(47-120-86(110)60-19-1-10-28-69(60)97)48-121-87(111)61-20-2-11-29-70(61)98)133-75-34-16-7-25-66(75)92(116)126-53-59(54-127-94(118)68-27-9-18-36-77(68)135-85(109)44-42-83(107)131-58(51-124-90(114)64-23-5-14-32-73(64)101)52-125-91(115)65-24-6-15-33-74(65)102)132-81(105)40-39-80(104)128-55(45-96)46-119-93(117)67-26-8-17-35-76(67)134-84(108)43-41-82(106)130-57(49-122-88(112)62-21-3-12-30-71(62)99)50-123-89(113)63-22-4-13-31-72(63)100/h1-36,55-59,78,96-102H,37-54H2. The number of aromatic hydroxyl groups is 6. The molecule has 0 bridgehead atoms. The van der Waals surface area contributed by atoms with Gasteiger partial charge in [-0.05, 0) is 132 Å². The molecular weight excluding hydrogens is 1900 g/mol. The van der Waals surface area contributed by atoms with Crippen LogP contribution >= 0.6 is 22.6 Å². The molecule has 0 heterocycles. The van der Waals surface area contributed by atoms with E-state index in [2.05, 4.69) is 0 Å². The van der Waals surface area contributed by atoms with Crippen molar-refractivity contribution in [1.82, 2.24) is 0 Å². The molecule has 7 N–H and O–H groups in total. The number of carbonyl (C=O) groups is 16. The summed E-state index contributed by atoms with van der Waals surface area (Å²) in [5.74, 6) is -21.3. The average Bonchev–Trinajstić information content (AvgIpc) is 0.845. The van der Waals surface area contributed by atoms with Crippen LogP contribution in [0.1, 0.15) is 145 Å². The number of carbonyl (C=O) groups excluding carboxylic acids is 16. The Balaban J connectivity index is 0.808. The van der Waals surface area contributed by atoms with Gasteiger partial charge in [0.05, 0.1) is 45.1 Å². The number of hydrogen-bond donors (Lipinski definition) is 7. The Bertz CT molecular complexity index is 5540. The highest BCUT2D eigenvalue weighted by Crippen LogP contribution is 2.30. The van der Waals surface area contributed by atoms with Crippen LogP contribution < -0.4 is 14.2 Å². The summed E-state index contributed by atoms with van der Waals surface area (Å²) < 4.78 is 91.0. The van der Waals surface area contributed by atoms with Gasteiger partial charge < -0.3 is 116 Å². The van der Waals surface area contributed by atoms with E-state index in [0.717, 1.165) is 12.1 Å². The van der Waals surface area contributed by atoms with Crippen LogP contribution in [-0.4, -0.2) is 232 Å². The van der Waals surface area contributed by atoms with Crippen LogP contribution in [0, 0.1) is 0 Å². The number of esters is 16. The van der Waals surface area contributed by atoms with Crippen LogP contribution in [0.5, 0.6) is 51.7 Å². The molecule has 9 aromatic rings. The first-order valence-corrected chi connectivity index (χ1v) is 41.9. The molecule has 0 aliphatic carbocycles. The van der Waals surface area contributed by atoms with Crippen molar-refractivity contribution in [2.24, 2.45) is 0 Å². The minimum atomic E-state index is -1.76. The fourth-order valence-electron chi connectivity index (χ4n) is 11.5. The highest BCUT2D eigenvalue weighted by atomic mass is 127. The molecule has 708 valence electrons. The Morgan fingerprint density at radius 2 is 0.400 bits per heavy atom. The lowest BCUT2D eigenvalue weighted by atomic mass is 10.2. The number of phenolic OH excluding ortho intramolecular Hbond substituents is 6. The van der Waals surface area contributed by atoms with Crippen LogP contribution in [-0.2, 0) is 99.9 Å². The first-order valence-electron chi connectivity index (χ1n) is 40.7. The van der Waals surface area contributed by atoms with E-state index in [1.807, 2.05) is 0 Å². The molecule has 0 aliphatic rings. The van der Waals surface area contributed by atoms with Crippen molar-refractivity contribution < 1.29 is 193 Å². The minimum absolute atomic E-state index is 0.134. The molecule has 3 unspecified atom stereocenters. The van der Waals surface area contributed by atoms with Crippen molar-refractivity contribution in [2.75, 3.05) is 66.1 Å². The topological polar surface area (TPSA) is 572 Å². The lowest BCUT2D eigenvalue weighted by molar-refractivity contribution is -0.160. The van der Waals surface area contributed by atoms with Crippen LogP contribution in [0.2, 0.25) is 0 Å². The number of benzene rings is 9. The monoisotopic (exact) mass is 1980 g/mol. The quantitative estimate of drug-likeness (QED) is 0.00613. The SMILES string of the molecule is O=C(CCC(=O)OC(COC(=O)c1ccccc1O)COC(=O)c1ccccc1O)Oc1ccccc1C(=O)OCC(CO)OC(=O)CCC(=O)OC(COC(=O)c1ccccc1OC(=O)CCC(=O)OC(COC(=O)c1ccccc1O)COC(=O)c1ccccc1O)COC(=O)c1ccccc1OC(I)CCC(=O)OC(COC(=O)c1ccccc1O)COC(=O)c1ccccc1O. The zero-order valence-corrected chi connectivity index (χ0v) is 73.1. The van der Waals surface area contributed by atoms with Gasteiger partial charge in [-0.2, -0.15) is 0 Å². The summed E-state index contributed by atoms with van der Waals surface area (Å²) in [5, 5.41) is 71.3. The number of aliphatic hydroxyl groups excluding tert-OH is 1. The Labute approximate surface area is 779 Å². The lowest BCUT2D eigenvalue weighted by Crippen LogP contribution is -2.32. The summed E-state index contributed by atoms with van der Waals surface area (Å²) in [6, 6.07) is 47.6. The van der Waals surface area contributed by atoms with Crippen molar-refractivity contribution >= 4 is 118 Å². The Morgan fingerprint density at radius 3 is 0.637 bits per heavy atom. The van der Waals surface area contributed by atoms with Gasteiger partial charge in [-0.25, -0.2) is 43.2 Å². The molecule has 3 atom stereocenters. The van der Waals surface area contributed by atoms with Crippen LogP contribution in [0.3, 0.4) is 0 Å². The van der Waals surface area contributed by atoms with Crippen LogP contribution in [0.4, 0.5) is 0 Å². The van der Waals surface area contributed by atoms with Gasteiger partial charge in [0.2, 0.25) is 0 Å². The van der Waals surface area contributed by atoms with Crippen molar-refractivity contribution in [2.45, 2.75) is 86.0 Å². The number of phenols is 6. The maximum Gasteiger partial charge on any atom is 0.342 e. The number of hydrogen-bond acceptors (Lipinski definition) is 40. The number of halogens is 1. The average molecular weight is 1980 g/mol. The van der Waals surface area contributed by atoms with E-state index in [-0.39, 0.29) is 56.7 Å². The predicted octanol–water partition coefficient (Wildman–Crippen LogP) is 9.56. The third-order valence-electron chi connectivity index (χ3n) is 18.2. The molecule has 40 nitrogen and oxygen atoms in total. The summed E-state index contributed by atoms with van der Waals surface area (Å²) in [7, 11) is 0. The second-order valence-electron chi connectivity index (χ2n) is 28.2. The van der Waals surface area contributed by atoms with E-state index in [1.165, 1.54) is 206 Å². The van der Waals surface area contributed by atoms with Gasteiger partial charge in [-0.3, -0.25) is 33.6 Å².